The van der Waals surface area contributed by atoms with Crippen LogP contribution in [0.25, 0.3) is 124 Å². The van der Waals surface area contributed by atoms with Crippen molar-refractivity contribution < 1.29 is 0 Å². The van der Waals surface area contributed by atoms with Crippen molar-refractivity contribution in [2.45, 2.75) is 5.41 Å². The van der Waals surface area contributed by atoms with Gasteiger partial charge in [-0.25, -0.2) is 9.97 Å². The molecule has 16 rings (SSSR count). The molecule has 12 aromatic carbocycles. The largest absolute Gasteiger partial charge is 0.278 e. The van der Waals surface area contributed by atoms with Crippen molar-refractivity contribution in [3.63, 3.8) is 0 Å². The van der Waals surface area contributed by atoms with Crippen LogP contribution in [-0.4, -0.2) is 14.5 Å². The highest BCUT2D eigenvalue weighted by molar-refractivity contribution is 7.26. The minimum absolute atomic E-state index is 0.545. The van der Waals surface area contributed by atoms with Gasteiger partial charge in [0.2, 0.25) is 5.95 Å². The van der Waals surface area contributed by atoms with E-state index in [0.717, 1.165) is 33.2 Å². The Bertz CT molecular complexity index is 4620. The monoisotopic (exact) mass is 891 g/mol. The van der Waals surface area contributed by atoms with Crippen LogP contribution in [-0.2, 0) is 5.41 Å². The summed E-state index contributed by atoms with van der Waals surface area (Å²) >= 11 is 1.84. The number of para-hydroxylation sites is 2. The zero-order chi connectivity index (χ0) is 45.0. The number of thiophene rings is 1. The molecule has 3 nitrogen and oxygen atoms in total. The predicted octanol–water partition coefficient (Wildman–Crippen LogP) is 17.2. The first kappa shape index (κ1) is 37.4. The number of hydrogen-bond acceptors (Lipinski definition) is 3. The van der Waals surface area contributed by atoms with Gasteiger partial charge in [0, 0.05) is 41.9 Å². The Hall–Kier alpha value is -8.70. The van der Waals surface area contributed by atoms with E-state index in [2.05, 4.69) is 229 Å². The van der Waals surface area contributed by atoms with Gasteiger partial charge in [-0.1, -0.05) is 194 Å². The Morgan fingerprint density at radius 2 is 0.942 bits per heavy atom. The number of fused-ring (bicyclic) bond motifs is 14. The highest BCUT2D eigenvalue weighted by Crippen LogP contribution is 2.60. The van der Waals surface area contributed by atoms with Crippen LogP contribution in [0.15, 0.2) is 224 Å². The van der Waals surface area contributed by atoms with Gasteiger partial charge in [-0.2, -0.15) is 0 Å². The number of aromatic nitrogens is 3. The Morgan fingerprint density at radius 1 is 0.362 bits per heavy atom. The maximum absolute atomic E-state index is 5.69. The van der Waals surface area contributed by atoms with Crippen molar-refractivity contribution in [3.05, 3.63) is 247 Å². The number of hydrogen-bond donors (Lipinski definition) is 0. The van der Waals surface area contributed by atoms with Crippen molar-refractivity contribution >= 4 is 107 Å². The lowest BCUT2D eigenvalue weighted by atomic mass is 9.67. The average molecular weight is 892 g/mol. The SMILES string of the molecule is c1ccc(C2(c3ccccc3)c3ccccc3-c3c2cc2c4cc5c(c6cccc(c7cccc3c72)c46)c2ccccc2n5-c2nc(-c3cccc4c3sc3ccccc34)c3ccccc3n2)cc1. The molecule has 0 fully saturated rings. The molecule has 3 aromatic heterocycles. The van der Waals surface area contributed by atoms with Crippen molar-refractivity contribution in [1.29, 1.82) is 0 Å². The maximum Gasteiger partial charge on any atom is 0.235 e. The summed E-state index contributed by atoms with van der Waals surface area (Å²) in [5, 5.41) is 16.1. The summed E-state index contributed by atoms with van der Waals surface area (Å²) in [4.78, 5) is 11.2. The van der Waals surface area contributed by atoms with Gasteiger partial charge in [-0.3, -0.25) is 4.57 Å². The third-order valence-corrected chi connectivity index (χ3v) is 16.6. The molecule has 0 saturated carbocycles. The molecule has 0 N–H and O–H groups in total. The van der Waals surface area contributed by atoms with E-state index in [4.69, 9.17) is 9.97 Å². The van der Waals surface area contributed by atoms with E-state index in [1.54, 1.807) is 0 Å². The second kappa shape index (κ2) is 13.7. The number of benzene rings is 12. The predicted molar refractivity (Wildman–Crippen MR) is 291 cm³/mol. The fourth-order valence-corrected chi connectivity index (χ4v) is 14.0. The summed E-state index contributed by atoms with van der Waals surface area (Å²) in [5.41, 5.74) is 12.4. The molecule has 1 aliphatic rings. The molecule has 0 bridgehead atoms. The number of nitrogens with zero attached hydrogens (tertiary/aromatic N) is 3. The molecule has 1 aliphatic carbocycles. The standard InChI is InChI=1S/C65H37N3S/c1-3-18-38(19-4-1)65(39-20-5-2-6-21-39)52-32-11-7-23-44(52)60-47-29-15-26-41-42-27-16-30-48-59(42)51(50(58(41)47)36-53(60)65)37-56-61(48)46-25-9-13-34-55(46)68(56)64-66-54-33-12-8-24-45(54)62(67-64)49-31-17-28-43-40-22-10-14-35-57(40)69-63(43)49/h1-37H. The lowest BCUT2D eigenvalue weighted by Gasteiger charge is -2.34. The van der Waals surface area contributed by atoms with Gasteiger partial charge in [0.25, 0.3) is 0 Å². The lowest BCUT2D eigenvalue weighted by Crippen LogP contribution is -2.28. The Kier molecular flexibility index (Phi) is 7.42. The van der Waals surface area contributed by atoms with Crippen molar-refractivity contribution in [2.75, 3.05) is 0 Å². The molecule has 0 spiro atoms. The first-order chi connectivity index (χ1) is 34.3. The minimum Gasteiger partial charge on any atom is -0.278 e. The highest BCUT2D eigenvalue weighted by atomic mass is 32.1. The summed E-state index contributed by atoms with van der Waals surface area (Å²) in [7, 11) is 0. The van der Waals surface area contributed by atoms with Crippen LogP contribution < -0.4 is 0 Å². The van der Waals surface area contributed by atoms with E-state index < -0.39 is 5.41 Å². The third kappa shape index (κ3) is 4.80. The maximum atomic E-state index is 5.69. The van der Waals surface area contributed by atoms with E-state index in [1.807, 2.05) is 11.3 Å². The van der Waals surface area contributed by atoms with Crippen LogP contribution in [0.4, 0.5) is 0 Å². The molecule has 15 aromatic rings. The van der Waals surface area contributed by atoms with Gasteiger partial charge in [-0.05, 0) is 107 Å². The molecule has 0 saturated heterocycles. The number of rotatable bonds is 4. The Balaban J connectivity index is 1.07. The third-order valence-electron chi connectivity index (χ3n) is 15.4. The van der Waals surface area contributed by atoms with Crippen LogP contribution in [0.1, 0.15) is 22.3 Å². The molecule has 0 atom stereocenters. The van der Waals surface area contributed by atoms with Crippen LogP contribution in [0, 0.1) is 0 Å². The van der Waals surface area contributed by atoms with E-state index in [-0.39, 0.29) is 0 Å². The molecule has 0 radical (unpaired) electrons. The zero-order valence-electron chi connectivity index (χ0n) is 37.1. The zero-order valence-corrected chi connectivity index (χ0v) is 37.9. The summed E-state index contributed by atoms with van der Waals surface area (Å²) in [6, 6.07) is 83.1. The van der Waals surface area contributed by atoms with Gasteiger partial charge in [0.1, 0.15) is 0 Å². The van der Waals surface area contributed by atoms with E-state index in [0.29, 0.717) is 5.95 Å². The quantitative estimate of drug-likeness (QED) is 0.130. The molecular formula is C65H37N3S. The van der Waals surface area contributed by atoms with Crippen molar-refractivity contribution in [3.8, 4) is 28.3 Å². The van der Waals surface area contributed by atoms with Gasteiger partial charge in [0.15, 0.2) is 0 Å². The minimum atomic E-state index is -0.545. The van der Waals surface area contributed by atoms with Gasteiger partial charge in [0.05, 0.1) is 27.7 Å². The topological polar surface area (TPSA) is 30.7 Å². The molecule has 318 valence electrons. The highest BCUT2D eigenvalue weighted by Gasteiger charge is 2.47. The molecule has 3 heterocycles. The first-order valence-electron chi connectivity index (χ1n) is 23.7. The molecule has 4 heteroatoms. The molecule has 0 unspecified atom stereocenters. The Labute approximate surface area is 400 Å². The molecule has 0 aliphatic heterocycles. The van der Waals surface area contributed by atoms with E-state index in [9.17, 15) is 0 Å². The van der Waals surface area contributed by atoms with Crippen molar-refractivity contribution in [1.82, 2.24) is 14.5 Å². The second-order valence-corrected chi connectivity index (χ2v) is 19.7. The van der Waals surface area contributed by atoms with Crippen LogP contribution in [0.5, 0.6) is 0 Å². The molecular weight excluding hydrogens is 855 g/mol. The molecule has 0 amide bonds. The van der Waals surface area contributed by atoms with E-state index >= 15 is 0 Å². The second-order valence-electron chi connectivity index (χ2n) is 18.7. The smallest absolute Gasteiger partial charge is 0.235 e. The Morgan fingerprint density at radius 3 is 1.75 bits per heavy atom. The van der Waals surface area contributed by atoms with Crippen LogP contribution in [0.2, 0.25) is 0 Å². The first-order valence-corrected chi connectivity index (χ1v) is 24.6. The summed E-state index contributed by atoms with van der Waals surface area (Å²) < 4.78 is 4.85. The van der Waals surface area contributed by atoms with Gasteiger partial charge in [-0.15, -0.1) is 11.3 Å². The van der Waals surface area contributed by atoms with E-state index in [1.165, 1.54) is 107 Å². The van der Waals surface area contributed by atoms with Gasteiger partial charge >= 0.3 is 0 Å². The summed E-state index contributed by atoms with van der Waals surface area (Å²) in [6.07, 6.45) is 0. The molecule has 69 heavy (non-hydrogen) atoms. The van der Waals surface area contributed by atoms with Crippen LogP contribution in [0.3, 0.4) is 0 Å². The van der Waals surface area contributed by atoms with Crippen molar-refractivity contribution in [2.24, 2.45) is 0 Å². The fraction of sp³-hybridized carbons (Fsp3) is 0.0154. The summed E-state index contributed by atoms with van der Waals surface area (Å²) in [5.74, 6) is 0.661. The lowest BCUT2D eigenvalue weighted by molar-refractivity contribution is 0.770. The van der Waals surface area contributed by atoms with Crippen LogP contribution >= 0.6 is 11.3 Å². The summed E-state index contributed by atoms with van der Waals surface area (Å²) in [6.45, 7) is 0. The van der Waals surface area contributed by atoms with Gasteiger partial charge < -0.3 is 0 Å². The average Bonchev–Trinajstić information content (AvgIpc) is 4.07. The fourth-order valence-electron chi connectivity index (χ4n) is 12.7. The normalized spacial score (nSPS) is 13.3.